The van der Waals surface area contributed by atoms with Gasteiger partial charge in [0.15, 0.2) is 0 Å². The maximum Gasteiger partial charge on any atom is 0.419 e. The van der Waals surface area contributed by atoms with Gasteiger partial charge in [0.05, 0.1) is 18.7 Å². The highest BCUT2D eigenvalue weighted by Crippen LogP contribution is 2.22. The molecule has 236 valence electrons. The first-order valence-electron chi connectivity index (χ1n) is 14.1. The third kappa shape index (κ3) is 9.30. The predicted octanol–water partition coefficient (Wildman–Crippen LogP) is 3.08. The molecule has 0 saturated carbocycles. The number of para-hydroxylation sites is 1. The van der Waals surface area contributed by atoms with Crippen molar-refractivity contribution in [2.45, 2.75) is 51.8 Å². The second-order valence-corrected chi connectivity index (χ2v) is 11.1. The number of pyridine rings is 1. The number of likely N-dealkylation sites (N-methyl/N-ethyl adjacent to an activating group) is 1. The highest BCUT2D eigenvalue weighted by molar-refractivity contribution is 5.96. The molecule has 3 N–H and O–H groups in total. The molecule has 1 atom stereocenters. The quantitative estimate of drug-likeness (QED) is 0.280. The number of anilines is 1. The van der Waals surface area contributed by atoms with Gasteiger partial charge in [0, 0.05) is 31.4 Å². The van der Waals surface area contributed by atoms with Gasteiger partial charge >= 0.3 is 12.2 Å². The Morgan fingerprint density at radius 1 is 1.09 bits per heavy atom. The number of fused-ring (bicyclic) bond motifs is 1. The van der Waals surface area contributed by atoms with E-state index in [9.17, 15) is 24.0 Å². The second-order valence-electron chi connectivity index (χ2n) is 11.1. The van der Waals surface area contributed by atoms with Gasteiger partial charge in [0.25, 0.3) is 5.56 Å². The number of hydrogen-bond acceptors (Lipinski definition) is 8. The summed E-state index contributed by atoms with van der Waals surface area (Å²) in [5.41, 5.74) is -0.215. The third-order valence-corrected chi connectivity index (χ3v) is 6.23. The number of ether oxygens (including phenoxy) is 2. The molecule has 0 aliphatic rings. The molecular formula is C31H39N5O8. The number of benzene rings is 1. The topological polar surface area (TPSA) is 161 Å². The highest BCUT2D eigenvalue weighted by Gasteiger charge is 2.24. The van der Waals surface area contributed by atoms with Crippen molar-refractivity contribution in [3.63, 3.8) is 0 Å². The third-order valence-electron chi connectivity index (χ3n) is 6.23. The van der Waals surface area contributed by atoms with Gasteiger partial charge in [-0.3, -0.25) is 14.4 Å². The molecule has 3 rings (SSSR count). The van der Waals surface area contributed by atoms with Crippen molar-refractivity contribution in [3.8, 4) is 0 Å². The molecule has 0 bridgehead atoms. The molecular weight excluding hydrogens is 570 g/mol. The number of aromatic nitrogens is 2. The molecule has 44 heavy (non-hydrogen) atoms. The molecule has 0 unspecified atom stereocenters. The molecule has 0 radical (unpaired) electrons. The van der Waals surface area contributed by atoms with E-state index in [2.05, 4.69) is 10.6 Å². The summed E-state index contributed by atoms with van der Waals surface area (Å²) in [5, 5.41) is 14.7. The number of allylic oxidation sites excluding steroid dienone is 1. The van der Waals surface area contributed by atoms with Crippen LogP contribution in [0.5, 0.6) is 0 Å². The van der Waals surface area contributed by atoms with Gasteiger partial charge in [-0.15, -0.1) is 0 Å². The van der Waals surface area contributed by atoms with Gasteiger partial charge in [0.1, 0.15) is 23.9 Å². The van der Waals surface area contributed by atoms with E-state index >= 15 is 0 Å². The van der Waals surface area contributed by atoms with Crippen LogP contribution in [0.1, 0.15) is 39.3 Å². The smallest absolute Gasteiger partial charge is 0.419 e. The van der Waals surface area contributed by atoms with E-state index in [0.29, 0.717) is 11.2 Å². The molecule has 13 nitrogen and oxygen atoms in total. The van der Waals surface area contributed by atoms with Gasteiger partial charge in [-0.2, -0.15) is 0 Å². The normalized spacial score (nSPS) is 12.1. The molecule has 0 fully saturated rings. The Kier molecular flexibility index (Phi) is 11.5. The van der Waals surface area contributed by atoms with Crippen LogP contribution in [0.3, 0.4) is 0 Å². The van der Waals surface area contributed by atoms with Gasteiger partial charge in [-0.05, 0) is 64.0 Å². The van der Waals surface area contributed by atoms with E-state index in [-0.39, 0.29) is 37.6 Å². The molecule has 0 saturated heterocycles. The Morgan fingerprint density at radius 2 is 1.82 bits per heavy atom. The van der Waals surface area contributed by atoms with Crippen LogP contribution in [-0.4, -0.2) is 82.1 Å². The van der Waals surface area contributed by atoms with Gasteiger partial charge in [0.2, 0.25) is 11.8 Å². The zero-order valence-corrected chi connectivity index (χ0v) is 25.5. The minimum atomic E-state index is -1.12. The molecule has 0 aliphatic carbocycles. The van der Waals surface area contributed by atoms with Gasteiger partial charge < -0.3 is 34.7 Å². The Bertz CT molecular complexity index is 1580. The largest absolute Gasteiger partial charge is 0.447 e. The van der Waals surface area contributed by atoms with E-state index in [1.54, 1.807) is 65.2 Å². The van der Waals surface area contributed by atoms with Crippen molar-refractivity contribution in [2.24, 2.45) is 0 Å². The van der Waals surface area contributed by atoms with Crippen LogP contribution in [0, 0.1) is 0 Å². The molecule has 2 aromatic heterocycles. The number of alkyl carbamates (subject to hydrolysis) is 1. The standard InChI is InChI=1S/C31H39N5O8/c1-31(2,3)44-30(42)36-22(19-21-11-6-8-14-25(21)36)20-35-16-10-13-24(28(35)40)32-27(39)23(33-29(41)43-18-17-37)12-7-9-15-26(38)34(4)5/h6,8-11,13-16,19,23,37H,7,12,17-18,20H2,1-5H3,(H,32,39)(H,33,41)/b15-9+/t23-/m0/s1. The fraction of sp³-hybridized carbons (Fsp3) is 0.387. The lowest BCUT2D eigenvalue weighted by atomic mass is 10.1. The Labute approximate surface area is 255 Å². The summed E-state index contributed by atoms with van der Waals surface area (Å²) in [6.45, 7) is 4.64. The van der Waals surface area contributed by atoms with Crippen LogP contribution >= 0.6 is 0 Å². The zero-order valence-electron chi connectivity index (χ0n) is 25.5. The molecule has 13 heteroatoms. The summed E-state index contributed by atoms with van der Waals surface area (Å²) in [5.74, 6) is -0.923. The number of nitrogens with zero attached hydrogens (tertiary/aromatic N) is 3. The van der Waals surface area contributed by atoms with E-state index < -0.39 is 41.9 Å². The average molecular weight is 610 g/mol. The molecule has 2 heterocycles. The van der Waals surface area contributed by atoms with Crippen molar-refractivity contribution < 1.29 is 33.8 Å². The lowest BCUT2D eigenvalue weighted by molar-refractivity contribution is -0.123. The van der Waals surface area contributed by atoms with E-state index in [4.69, 9.17) is 14.6 Å². The summed E-state index contributed by atoms with van der Waals surface area (Å²) in [6, 6.07) is 11.0. The van der Waals surface area contributed by atoms with Crippen LogP contribution in [0.4, 0.5) is 15.3 Å². The number of carbonyl (C=O) groups excluding carboxylic acids is 4. The maximum absolute atomic E-state index is 13.4. The summed E-state index contributed by atoms with van der Waals surface area (Å²) < 4.78 is 13.2. The maximum atomic E-state index is 13.4. The first-order chi connectivity index (χ1) is 20.8. The number of carbonyl (C=O) groups is 4. The summed E-state index contributed by atoms with van der Waals surface area (Å²) in [7, 11) is 3.21. The van der Waals surface area contributed by atoms with Gasteiger partial charge in [-0.25, -0.2) is 14.2 Å². The Hall–Kier alpha value is -4.91. The van der Waals surface area contributed by atoms with Crippen LogP contribution in [0.15, 0.2) is 65.6 Å². The molecule has 0 spiro atoms. The molecule has 3 amide bonds. The number of rotatable bonds is 11. The number of hydrogen-bond donors (Lipinski definition) is 3. The van der Waals surface area contributed by atoms with Crippen molar-refractivity contribution in [3.05, 3.63) is 76.9 Å². The Balaban J connectivity index is 1.85. The minimum absolute atomic E-state index is 0.00364. The van der Waals surface area contributed by atoms with Crippen LogP contribution in [0.2, 0.25) is 0 Å². The highest BCUT2D eigenvalue weighted by atomic mass is 16.6. The van der Waals surface area contributed by atoms with Gasteiger partial charge in [-0.1, -0.05) is 24.3 Å². The van der Waals surface area contributed by atoms with Crippen molar-refractivity contribution in [2.75, 3.05) is 32.6 Å². The predicted molar refractivity (Wildman–Crippen MR) is 164 cm³/mol. The van der Waals surface area contributed by atoms with Crippen LogP contribution < -0.4 is 16.2 Å². The van der Waals surface area contributed by atoms with Crippen LogP contribution in [-0.2, 0) is 25.6 Å². The summed E-state index contributed by atoms with van der Waals surface area (Å²) >= 11 is 0. The average Bonchev–Trinajstić information content (AvgIpc) is 3.32. The first-order valence-corrected chi connectivity index (χ1v) is 14.1. The first kappa shape index (κ1) is 33.6. The van der Waals surface area contributed by atoms with E-state index in [1.165, 1.54) is 32.4 Å². The number of nitrogens with one attached hydrogen (secondary N) is 2. The monoisotopic (exact) mass is 609 g/mol. The lowest BCUT2D eigenvalue weighted by Crippen LogP contribution is -2.45. The SMILES string of the molecule is CN(C)C(=O)/C=C/CC[C@H](NC(=O)OCCO)C(=O)Nc1cccn(Cc2cc3ccccc3n2C(=O)OC(C)(C)C)c1=O. The van der Waals surface area contributed by atoms with E-state index in [1.807, 2.05) is 12.1 Å². The molecule has 1 aromatic carbocycles. The van der Waals surface area contributed by atoms with Crippen LogP contribution in [0.25, 0.3) is 10.9 Å². The Morgan fingerprint density at radius 3 is 2.50 bits per heavy atom. The minimum Gasteiger partial charge on any atom is -0.447 e. The molecule has 3 aromatic rings. The number of aliphatic hydroxyl groups excluding tert-OH is 1. The zero-order chi connectivity index (χ0) is 32.4. The number of amides is 3. The van der Waals surface area contributed by atoms with E-state index in [0.717, 1.165) is 5.39 Å². The number of aliphatic hydroxyl groups is 1. The van der Waals surface area contributed by atoms with Crippen molar-refractivity contribution >= 4 is 40.6 Å². The lowest BCUT2D eigenvalue weighted by Gasteiger charge is -2.21. The fourth-order valence-electron chi connectivity index (χ4n) is 4.19. The molecule has 0 aliphatic heterocycles. The summed E-state index contributed by atoms with van der Waals surface area (Å²) in [4.78, 5) is 65.2. The summed E-state index contributed by atoms with van der Waals surface area (Å²) in [6.07, 6.45) is 3.29. The second kappa shape index (κ2) is 15.0. The van der Waals surface area contributed by atoms with Crippen molar-refractivity contribution in [1.29, 1.82) is 0 Å². The fourth-order valence-corrected chi connectivity index (χ4v) is 4.19. The van der Waals surface area contributed by atoms with Crippen molar-refractivity contribution in [1.82, 2.24) is 19.4 Å².